The van der Waals surface area contributed by atoms with Gasteiger partial charge in [0.2, 0.25) is 0 Å². The Morgan fingerprint density at radius 2 is 1.75 bits per heavy atom. The van der Waals surface area contributed by atoms with Gasteiger partial charge in [0.25, 0.3) is 0 Å². The minimum atomic E-state index is -1.02. The van der Waals surface area contributed by atoms with Crippen LogP contribution in [0.1, 0.15) is 51.9 Å². The Labute approximate surface area is 119 Å². The summed E-state index contributed by atoms with van der Waals surface area (Å²) in [5.74, 6) is -0.536. The van der Waals surface area contributed by atoms with Gasteiger partial charge in [-0.25, -0.2) is 4.79 Å². The molecule has 2 atom stereocenters. The standard InChI is InChI=1S/C15H24O5/c1-11(2)12(17)20-15(6-7-16)9-13(18)4-3-5-14(19,8-13)10-15/h16,18-19H,1,3-10H2,2H3. The highest BCUT2D eigenvalue weighted by atomic mass is 16.6. The van der Waals surface area contributed by atoms with Gasteiger partial charge < -0.3 is 20.1 Å². The SMILES string of the molecule is C=C(C)C(=O)OC1(CCO)CC2(O)CCCC(O)(C2)C1. The third-order valence-corrected chi connectivity index (χ3v) is 4.47. The van der Waals surface area contributed by atoms with Crippen LogP contribution in [0.4, 0.5) is 0 Å². The summed E-state index contributed by atoms with van der Waals surface area (Å²) in [4.78, 5) is 11.9. The maximum atomic E-state index is 11.9. The van der Waals surface area contributed by atoms with Crippen molar-refractivity contribution in [2.75, 3.05) is 6.61 Å². The molecule has 0 aromatic heterocycles. The molecule has 20 heavy (non-hydrogen) atoms. The molecular formula is C15H24O5. The van der Waals surface area contributed by atoms with Crippen molar-refractivity contribution in [3.8, 4) is 0 Å². The predicted molar refractivity (Wildman–Crippen MR) is 72.9 cm³/mol. The zero-order valence-corrected chi connectivity index (χ0v) is 12.0. The summed E-state index contributed by atoms with van der Waals surface area (Å²) >= 11 is 0. The lowest BCUT2D eigenvalue weighted by atomic mass is 9.60. The van der Waals surface area contributed by atoms with Crippen molar-refractivity contribution in [1.29, 1.82) is 0 Å². The van der Waals surface area contributed by atoms with Gasteiger partial charge in [0.15, 0.2) is 0 Å². The van der Waals surface area contributed by atoms with Crippen LogP contribution < -0.4 is 0 Å². The molecule has 2 fully saturated rings. The average Bonchev–Trinajstić information content (AvgIpc) is 2.25. The Morgan fingerprint density at radius 3 is 2.20 bits per heavy atom. The second-order valence-corrected chi connectivity index (χ2v) is 6.66. The lowest BCUT2D eigenvalue weighted by molar-refractivity contribution is -0.218. The van der Waals surface area contributed by atoms with Crippen molar-refractivity contribution in [1.82, 2.24) is 0 Å². The number of aliphatic hydroxyl groups is 3. The van der Waals surface area contributed by atoms with Crippen molar-refractivity contribution in [2.24, 2.45) is 0 Å². The van der Waals surface area contributed by atoms with Gasteiger partial charge in [-0.05, 0) is 26.2 Å². The number of rotatable bonds is 4. The molecule has 0 aromatic rings. The number of fused-ring (bicyclic) bond motifs is 2. The van der Waals surface area contributed by atoms with E-state index in [0.29, 0.717) is 19.3 Å². The fourth-order valence-electron chi connectivity index (χ4n) is 3.89. The summed E-state index contributed by atoms with van der Waals surface area (Å²) in [5.41, 5.74) is -2.77. The largest absolute Gasteiger partial charge is 0.455 e. The number of aliphatic hydroxyl groups excluding tert-OH is 1. The number of carbonyl (C=O) groups is 1. The lowest BCUT2D eigenvalue weighted by Gasteiger charge is -2.54. The van der Waals surface area contributed by atoms with Crippen LogP contribution in [0.3, 0.4) is 0 Å². The van der Waals surface area contributed by atoms with E-state index in [1.165, 1.54) is 0 Å². The lowest BCUT2D eigenvalue weighted by Crippen LogP contribution is -2.60. The molecule has 0 aliphatic heterocycles. The van der Waals surface area contributed by atoms with Crippen LogP contribution in [-0.4, -0.2) is 44.7 Å². The van der Waals surface area contributed by atoms with Gasteiger partial charge >= 0.3 is 5.97 Å². The molecule has 0 heterocycles. The zero-order chi connectivity index (χ0) is 15.0. The molecule has 0 radical (unpaired) electrons. The fourth-order valence-corrected chi connectivity index (χ4v) is 3.89. The second kappa shape index (κ2) is 5.13. The van der Waals surface area contributed by atoms with Crippen LogP contribution in [0.15, 0.2) is 12.2 Å². The molecule has 0 saturated heterocycles. The molecule has 2 aliphatic rings. The summed E-state index contributed by atoms with van der Waals surface area (Å²) in [7, 11) is 0. The minimum Gasteiger partial charge on any atom is -0.455 e. The van der Waals surface area contributed by atoms with E-state index in [9.17, 15) is 20.1 Å². The molecule has 5 nitrogen and oxygen atoms in total. The molecule has 2 bridgehead atoms. The van der Waals surface area contributed by atoms with Gasteiger partial charge in [0.05, 0.1) is 11.2 Å². The predicted octanol–water partition coefficient (Wildman–Crippen LogP) is 1.06. The molecule has 2 unspecified atom stereocenters. The number of esters is 1. The van der Waals surface area contributed by atoms with E-state index in [-0.39, 0.29) is 31.4 Å². The Balaban J connectivity index is 2.27. The van der Waals surface area contributed by atoms with Crippen LogP contribution in [0.2, 0.25) is 0 Å². The van der Waals surface area contributed by atoms with E-state index in [1.807, 2.05) is 0 Å². The molecule has 114 valence electrons. The monoisotopic (exact) mass is 284 g/mol. The number of carbonyl (C=O) groups excluding carboxylic acids is 1. The molecule has 2 aliphatic carbocycles. The van der Waals surface area contributed by atoms with Crippen LogP contribution in [0, 0.1) is 0 Å². The third-order valence-electron chi connectivity index (χ3n) is 4.47. The van der Waals surface area contributed by atoms with Crippen LogP contribution in [-0.2, 0) is 9.53 Å². The molecule has 2 rings (SSSR count). The summed E-state index contributed by atoms with van der Waals surface area (Å²) < 4.78 is 5.53. The van der Waals surface area contributed by atoms with Gasteiger partial charge in [-0.2, -0.15) is 0 Å². The Bertz CT molecular complexity index is 400. The van der Waals surface area contributed by atoms with Crippen molar-refractivity contribution < 1.29 is 24.9 Å². The van der Waals surface area contributed by atoms with Crippen molar-refractivity contribution in [3.05, 3.63) is 12.2 Å². The quantitative estimate of drug-likeness (QED) is 0.531. The van der Waals surface area contributed by atoms with Gasteiger partial charge in [-0.3, -0.25) is 0 Å². The number of hydrogen-bond acceptors (Lipinski definition) is 5. The van der Waals surface area contributed by atoms with Crippen molar-refractivity contribution in [3.63, 3.8) is 0 Å². The smallest absolute Gasteiger partial charge is 0.333 e. The highest BCUT2D eigenvalue weighted by Crippen LogP contribution is 2.51. The Hall–Kier alpha value is -0.910. The van der Waals surface area contributed by atoms with E-state index in [4.69, 9.17) is 4.74 Å². The molecule has 3 N–H and O–H groups in total. The first-order valence-electron chi connectivity index (χ1n) is 7.16. The van der Waals surface area contributed by atoms with Crippen LogP contribution in [0.5, 0.6) is 0 Å². The van der Waals surface area contributed by atoms with Crippen LogP contribution in [0.25, 0.3) is 0 Å². The first-order chi connectivity index (χ1) is 9.22. The van der Waals surface area contributed by atoms with E-state index in [2.05, 4.69) is 6.58 Å². The maximum Gasteiger partial charge on any atom is 0.333 e. The zero-order valence-electron chi connectivity index (χ0n) is 12.0. The van der Waals surface area contributed by atoms with Crippen molar-refractivity contribution in [2.45, 2.75) is 68.7 Å². The van der Waals surface area contributed by atoms with Crippen LogP contribution >= 0.6 is 0 Å². The molecule has 0 amide bonds. The molecular weight excluding hydrogens is 260 g/mol. The summed E-state index contributed by atoms with van der Waals surface area (Å²) in [5, 5.41) is 30.5. The number of ether oxygens (including phenoxy) is 1. The van der Waals surface area contributed by atoms with E-state index >= 15 is 0 Å². The molecule has 0 spiro atoms. The normalized spacial score (nSPS) is 40.2. The second-order valence-electron chi connectivity index (χ2n) is 6.66. The molecule has 2 saturated carbocycles. The van der Waals surface area contributed by atoms with Gasteiger partial charge in [-0.15, -0.1) is 0 Å². The maximum absolute atomic E-state index is 11.9. The Kier molecular flexibility index (Phi) is 3.97. The minimum absolute atomic E-state index is 0.157. The highest BCUT2D eigenvalue weighted by Gasteiger charge is 2.57. The fraction of sp³-hybridized carbons (Fsp3) is 0.800. The topological polar surface area (TPSA) is 87.0 Å². The highest BCUT2D eigenvalue weighted by molar-refractivity contribution is 5.87. The van der Waals surface area contributed by atoms with Gasteiger partial charge in [-0.1, -0.05) is 6.58 Å². The molecule has 5 heteroatoms. The Morgan fingerprint density at radius 1 is 1.20 bits per heavy atom. The van der Waals surface area contributed by atoms with Gasteiger partial charge in [0, 0.05) is 37.9 Å². The van der Waals surface area contributed by atoms with E-state index in [0.717, 1.165) is 6.42 Å². The summed E-state index contributed by atoms with van der Waals surface area (Å²) in [6.07, 6.45) is 3.01. The van der Waals surface area contributed by atoms with E-state index in [1.54, 1.807) is 6.92 Å². The van der Waals surface area contributed by atoms with Crippen molar-refractivity contribution >= 4 is 5.97 Å². The first-order valence-corrected chi connectivity index (χ1v) is 7.16. The number of hydrogen-bond donors (Lipinski definition) is 3. The average molecular weight is 284 g/mol. The summed E-state index contributed by atoms with van der Waals surface area (Å²) in [6.45, 7) is 4.96. The first kappa shape index (κ1) is 15.5. The summed E-state index contributed by atoms with van der Waals surface area (Å²) in [6, 6.07) is 0. The third kappa shape index (κ3) is 3.05. The molecule has 0 aromatic carbocycles. The van der Waals surface area contributed by atoms with E-state index < -0.39 is 22.8 Å². The van der Waals surface area contributed by atoms with Gasteiger partial charge in [0.1, 0.15) is 5.60 Å².